The Hall–Kier alpha value is 2.87. The Bertz CT molecular complexity index is 11.6. The third-order valence-electron chi connectivity index (χ3n) is 0. The zero-order chi connectivity index (χ0) is 0. The molecular formula is CeCuMnNiO+7. The van der Waals surface area contributed by atoms with E-state index in [9.17, 15) is 0 Å². The van der Waals surface area contributed by atoms with Gasteiger partial charge in [-0.1, -0.05) is 0 Å². The molecule has 0 spiro atoms. The van der Waals surface area contributed by atoms with E-state index >= 15 is 0 Å². The van der Waals surface area contributed by atoms with Crippen LogP contribution in [0.25, 0.3) is 0 Å². The van der Waals surface area contributed by atoms with Crippen molar-refractivity contribution in [2.45, 2.75) is 0 Å². The van der Waals surface area contributed by atoms with Gasteiger partial charge in [-0.2, -0.15) is 0 Å². The third kappa shape index (κ3) is 19.8. The van der Waals surface area contributed by atoms with Crippen LogP contribution in [0.3, 0.4) is 0 Å². The van der Waals surface area contributed by atoms with Crippen LogP contribution >= 0.6 is 0 Å². The number of hydrogen-bond donors (Lipinski definition) is 0. The molecule has 0 aliphatic heterocycles. The molecular weight excluding hydrogens is 333 g/mol. The average Bonchev–Trinajstić information content (AvgIpc) is 0. The van der Waals surface area contributed by atoms with E-state index in [0.717, 1.165) is 0 Å². The van der Waals surface area contributed by atoms with E-state index in [2.05, 4.69) is 0 Å². The summed E-state index contributed by atoms with van der Waals surface area (Å²) in [6, 6.07) is 0. The maximum atomic E-state index is 0. The normalized spacial score (nSPS) is 0. The van der Waals surface area contributed by atoms with E-state index in [-0.39, 0.29) is 97.9 Å². The first kappa shape index (κ1) is 45.1. The summed E-state index contributed by atoms with van der Waals surface area (Å²) in [6.45, 7) is 0. The standard InChI is InChI=1S/Ce.Cu.Mn.Ni.O/q+3;3*+2;-2. The molecule has 0 fully saturated rings. The van der Waals surface area contributed by atoms with Crippen LogP contribution in [0.4, 0.5) is 0 Å². The van der Waals surface area contributed by atoms with Crippen molar-refractivity contribution in [2.24, 2.45) is 0 Å². The van der Waals surface area contributed by atoms with Gasteiger partial charge in [0.05, 0.1) is 0 Å². The average molecular weight is 333 g/mol. The third-order valence-corrected chi connectivity index (χ3v) is 0. The Kier molecular flexibility index (Phi) is 259. The molecule has 0 bridgehead atoms. The number of rotatable bonds is 0. The van der Waals surface area contributed by atoms with E-state index in [1.54, 1.807) is 0 Å². The smallest absolute Gasteiger partial charge is 2.00 e. The topological polar surface area (TPSA) is 28.5 Å². The molecule has 0 amide bonds. The van der Waals surface area contributed by atoms with Crippen LogP contribution in [0.2, 0.25) is 0 Å². The van der Waals surface area contributed by atoms with Gasteiger partial charge in [0.15, 0.2) is 0 Å². The van der Waals surface area contributed by atoms with Gasteiger partial charge in [-0.3, -0.25) is 0 Å². The molecule has 0 saturated heterocycles. The van der Waals surface area contributed by atoms with E-state index in [1.165, 1.54) is 0 Å². The van der Waals surface area contributed by atoms with Crippen molar-refractivity contribution in [1.82, 2.24) is 0 Å². The minimum absolute atomic E-state index is 0. The maximum Gasteiger partial charge on any atom is 3.00 e. The van der Waals surface area contributed by atoms with Crippen LogP contribution in [0, 0.1) is 41.7 Å². The molecule has 0 aliphatic carbocycles. The quantitative estimate of drug-likeness (QED) is 0.553. The van der Waals surface area contributed by atoms with Gasteiger partial charge >= 0.3 is 92.4 Å². The van der Waals surface area contributed by atoms with Gasteiger partial charge in [-0.05, 0) is 0 Å². The molecule has 1 nitrogen and oxygen atoms in total. The minimum Gasteiger partial charge on any atom is -2.00 e. The fourth-order valence-electron chi connectivity index (χ4n) is 0. The first-order valence-corrected chi connectivity index (χ1v) is 0. The van der Waals surface area contributed by atoms with Crippen molar-refractivity contribution in [3.63, 3.8) is 0 Å². The molecule has 0 N–H and O–H groups in total. The molecule has 0 aromatic heterocycles. The summed E-state index contributed by atoms with van der Waals surface area (Å²) in [4.78, 5) is 0. The van der Waals surface area contributed by atoms with E-state index in [4.69, 9.17) is 0 Å². The predicted molar refractivity (Wildman–Crippen MR) is 0.686 cm³/mol. The summed E-state index contributed by atoms with van der Waals surface area (Å²) in [5.74, 6) is 0. The Labute approximate surface area is 96.0 Å². The molecule has 0 aliphatic rings. The summed E-state index contributed by atoms with van der Waals surface area (Å²) >= 11 is 0. The van der Waals surface area contributed by atoms with Gasteiger partial charge in [0.2, 0.25) is 0 Å². The molecule has 0 unspecified atom stereocenters. The molecule has 0 rings (SSSR count). The maximum absolute atomic E-state index is 0. The van der Waals surface area contributed by atoms with Crippen LogP contribution in [-0.4, -0.2) is 0 Å². The molecule has 0 saturated carbocycles. The second-order valence-corrected chi connectivity index (χ2v) is 0. The van der Waals surface area contributed by atoms with Crippen molar-refractivity contribution < 1.29 is 97.9 Å². The molecule has 0 atom stereocenters. The Balaban J connectivity index is 0. The van der Waals surface area contributed by atoms with Gasteiger partial charge in [0.25, 0.3) is 0 Å². The van der Waals surface area contributed by atoms with Crippen LogP contribution in [0.1, 0.15) is 0 Å². The second kappa shape index (κ2) is 28.7. The predicted octanol–water partition coefficient (Wildman–Crippen LogP) is -0.126. The summed E-state index contributed by atoms with van der Waals surface area (Å²) in [7, 11) is 0. The zero-order valence-electron chi connectivity index (χ0n) is 1.90. The summed E-state index contributed by atoms with van der Waals surface area (Å²) in [5.41, 5.74) is 0. The van der Waals surface area contributed by atoms with Gasteiger partial charge < -0.3 is 5.48 Å². The first-order chi connectivity index (χ1) is 0. The van der Waals surface area contributed by atoms with Crippen LogP contribution in [-0.2, 0) is 56.1 Å². The van der Waals surface area contributed by atoms with Crippen molar-refractivity contribution in [3.05, 3.63) is 0 Å². The fourth-order valence-corrected chi connectivity index (χ4v) is 0. The van der Waals surface area contributed by atoms with Gasteiger partial charge in [-0.25, -0.2) is 0 Å². The fraction of sp³-hybridized carbons (Fsp3) is 0. The van der Waals surface area contributed by atoms with E-state index in [1.807, 2.05) is 0 Å². The Morgan fingerprint density at radius 2 is 1.00 bits per heavy atom. The molecule has 3 radical (unpaired) electrons. The SMILES string of the molecule is [Ce+3].[Cu+2].[Mn+2].[Ni+2].[O-2]. The van der Waals surface area contributed by atoms with Crippen molar-refractivity contribution >= 4 is 0 Å². The van der Waals surface area contributed by atoms with Crippen molar-refractivity contribution in [2.75, 3.05) is 0 Å². The molecule has 5 heavy (non-hydrogen) atoms. The summed E-state index contributed by atoms with van der Waals surface area (Å²) in [5, 5.41) is 0. The van der Waals surface area contributed by atoms with E-state index in [0.29, 0.717) is 0 Å². The van der Waals surface area contributed by atoms with Gasteiger partial charge in [0, 0.05) is 0 Å². The van der Waals surface area contributed by atoms with Crippen LogP contribution < -0.4 is 0 Å². The molecule has 0 aromatic rings. The molecule has 5 heteroatoms. The summed E-state index contributed by atoms with van der Waals surface area (Å²) < 4.78 is 0. The van der Waals surface area contributed by atoms with Crippen LogP contribution in [0.5, 0.6) is 0 Å². The van der Waals surface area contributed by atoms with Crippen molar-refractivity contribution in [1.29, 1.82) is 0 Å². The zero-order valence-corrected chi connectivity index (χ0v) is 8.15. The summed E-state index contributed by atoms with van der Waals surface area (Å²) in [6.07, 6.45) is 0. The van der Waals surface area contributed by atoms with E-state index < -0.39 is 0 Å². The molecule has 31 valence electrons. The first-order valence-electron chi connectivity index (χ1n) is 0. The monoisotopic (exact) mass is 332 g/mol. The second-order valence-electron chi connectivity index (χ2n) is 0. The minimum atomic E-state index is 0. The Morgan fingerprint density at radius 1 is 1.00 bits per heavy atom. The van der Waals surface area contributed by atoms with Crippen molar-refractivity contribution in [3.8, 4) is 0 Å². The van der Waals surface area contributed by atoms with Gasteiger partial charge in [-0.15, -0.1) is 0 Å². The van der Waals surface area contributed by atoms with Crippen LogP contribution in [0.15, 0.2) is 0 Å². The number of hydrogen-bond acceptors (Lipinski definition) is 0. The Morgan fingerprint density at radius 3 is 1.00 bits per heavy atom. The molecule has 0 heterocycles. The molecule has 0 aromatic carbocycles. The van der Waals surface area contributed by atoms with Gasteiger partial charge in [0.1, 0.15) is 0 Å². The largest absolute Gasteiger partial charge is 3.00 e.